The Bertz CT molecular complexity index is 413. The van der Waals surface area contributed by atoms with Crippen molar-refractivity contribution in [2.75, 3.05) is 39.3 Å². The first kappa shape index (κ1) is 17.1. The Morgan fingerprint density at radius 3 is 2.52 bits per heavy atom. The number of carbonyl (C=O) groups excluding carboxylic acids is 1. The van der Waals surface area contributed by atoms with Crippen molar-refractivity contribution < 1.29 is 9.18 Å². The molecule has 0 aromatic rings. The molecule has 3 fully saturated rings. The Labute approximate surface area is 138 Å². The van der Waals surface area contributed by atoms with Gasteiger partial charge in [-0.1, -0.05) is 13.8 Å². The molecule has 0 spiro atoms. The molecule has 2 N–H and O–H groups in total. The minimum atomic E-state index is -0.585. The van der Waals surface area contributed by atoms with Crippen LogP contribution < -0.4 is 10.9 Å². The monoisotopic (exact) mass is 326 g/mol. The summed E-state index contributed by atoms with van der Waals surface area (Å²) in [6, 6.07) is -0.000648. The fourth-order valence-corrected chi connectivity index (χ4v) is 4.49. The van der Waals surface area contributed by atoms with Crippen molar-refractivity contribution in [1.82, 2.24) is 20.7 Å². The molecule has 3 aliphatic rings. The number of hydrogen-bond donors (Lipinski definition) is 2. The number of piperazine rings is 1. The van der Waals surface area contributed by atoms with Crippen LogP contribution in [0.3, 0.4) is 0 Å². The summed E-state index contributed by atoms with van der Waals surface area (Å²) in [6.07, 6.45) is 1.91. The Morgan fingerprint density at radius 1 is 1.13 bits per heavy atom. The van der Waals surface area contributed by atoms with Gasteiger partial charge in [0.15, 0.2) is 0 Å². The van der Waals surface area contributed by atoms with Crippen molar-refractivity contribution in [2.45, 2.75) is 45.3 Å². The van der Waals surface area contributed by atoms with Gasteiger partial charge in [-0.25, -0.2) is 9.82 Å². The van der Waals surface area contributed by atoms with Gasteiger partial charge < -0.3 is 4.90 Å². The number of halogens is 1. The molecule has 2 saturated heterocycles. The first-order chi connectivity index (χ1) is 11.0. The molecule has 0 bridgehead atoms. The van der Waals surface area contributed by atoms with Crippen molar-refractivity contribution in [3.8, 4) is 0 Å². The van der Waals surface area contributed by atoms with E-state index in [9.17, 15) is 9.18 Å². The summed E-state index contributed by atoms with van der Waals surface area (Å²) >= 11 is 0. The van der Waals surface area contributed by atoms with Crippen LogP contribution in [0, 0.1) is 17.8 Å². The van der Waals surface area contributed by atoms with E-state index in [1.165, 1.54) is 0 Å². The molecule has 5 unspecified atom stereocenters. The lowest BCUT2D eigenvalue weighted by atomic mass is 9.79. The average Bonchev–Trinajstić information content (AvgIpc) is 2.51. The SMILES string of the molecule is CC1CC(F)CCC1CN1CCN(C2C(=O)NNCC2C)CC1. The maximum Gasteiger partial charge on any atom is 0.251 e. The van der Waals surface area contributed by atoms with Crippen LogP contribution in [0.5, 0.6) is 0 Å². The molecule has 3 rings (SSSR count). The van der Waals surface area contributed by atoms with Gasteiger partial charge in [0, 0.05) is 39.3 Å². The first-order valence-corrected chi connectivity index (χ1v) is 9.17. The summed E-state index contributed by atoms with van der Waals surface area (Å²) in [7, 11) is 0. The van der Waals surface area contributed by atoms with Gasteiger partial charge in [0.1, 0.15) is 6.17 Å². The van der Waals surface area contributed by atoms with Crippen LogP contribution in [0.1, 0.15) is 33.1 Å². The molecule has 0 aromatic carbocycles. The maximum atomic E-state index is 13.5. The largest absolute Gasteiger partial charge is 0.301 e. The normalized spacial score (nSPS) is 40.8. The number of nitrogens with one attached hydrogen (secondary N) is 2. The second-order valence-corrected chi connectivity index (χ2v) is 7.78. The summed E-state index contributed by atoms with van der Waals surface area (Å²) in [5.74, 6) is 1.57. The standard InChI is InChI=1S/C17H31FN4O/c1-12-9-15(18)4-3-14(12)11-21-5-7-22(8-6-21)16-13(2)10-19-20-17(16)23/h12-16,19H,3-11H2,1-2H3,(H,20,23). The van der Waals surface area contributed by atoms with Crippen molar-refractivity contribution in [3.63, 3.8) is 0 Å². The van der Waals surface area contributed by atoms with Crippen LogP contribution in [0.15, 0.2) is 0 Å². The summed E-state index contributed by atoms with van der Waals surface area (Å²) in [6.45, 7) is 10.2. The van der Waals surface area contributed by atoms with Gasteiger partial charge >= 0.3 is 0 Å². The van der Waals surface area contributed by atoms with E-state index in [0.717, 1.165) is 58.5 Å². The molecule has 23 heavy (non-hydrogen) atoms. The zero-order valence-corrected chi connectivity index (χ0v) is 14.4. The first-order valence-electron chi connectivity index (χ1n) is 9.17. The molecule has 2 aliphatic heterocycles. The Kier molecular flexibility index (Phi) is 5.54. The van der Waals surface area contributed by atoms with Crippen molar-refractivity contribution in [3.05, 3.63) is 0 Å². The number of hydrogen-bond acceptors (Lipinski definition) is 4. The molecule has 132 valence electrons. The highest BCUT2D eigenvalue weighted by atomic mass is 19.1. The van der Waals surface area contributed by atoms with Crippen molar-refractivity contribution in [2.24, 2.45) is 17.8 Å². The molecule has 1 aliphatic carbocycles. The highest BCUT2D eigenvalue weighted by Crippen LogP contribution is 2.32. The summed E-state index contributed by atoms with van der Waals surface area (Å²) < 4.78 is 13.5. The van der Waals surface area contributed by atoms with Crippen LogP contribution in [0.2, 0.25) is 0 Å². The summed E-state index contributed by atoms with van der Waals surface area (Å²) in [5, 5.41) is 0. The molecule has 1 amide bonds. The third-order valence-electron chi connectivity index (χ3n) is 6.02. The Hall–Kier alpha value is -0.720. The Balaban J connectivity index is 1.47. The van der Waals surface area contributed by atoms with Gasteiger partial charge in [0.05, 0.1) is 6.04 Å². The quantitative estimate of drug-likeness (QED) is 0.813. The molecule has 1 saturated carbocycles. The topological polar surface area (TPSA) is 47.6 Å². The van der Waals surface area contributed by atoms with Gasteiger partial charge in [-0.2, -0.15) is 0 Å². The van der Waals surface area contributed by atoms with Gasteiger partial charge in [0.2, 0.25) is 0 Å². The van der Waals surface area contributed by atoms with Crippen LogP contribution in [-0.4, -0.2) is 67.2 Å². The highest BCUT2D eigenvalue weighted by molar-refractivity contribution is 5.82. The maximum absolute atomic E-state index is 13.5. The number of rotatable bonds is 3. The average molecular weight is 326 g/mol. The highest BCUT2D eigenvalue weighted by Gasteiger charge is 2.36. The molecule has 2 heterocycles. The third kappa shape index (κ3) is 4.03. The molecule has 0 aromatic heterocycles. The second-order valence-electron chi connectivity index (χ2n) is 7.78. The molecule has 6 heteroatoms. The second kappa shape index (κ2) is 7.45. The molecular formula is C17H31FN4O. The smallest absolute Gasteiger partial charge is 0.251 e. The fraction of sp³-hybridized carbons (Fsp3) is 0.941. The lowest BCUT2D eigenvalue weighted by Gasteiger charge is -2.44. The van der Waals surface area contributed by atoms with Gasteiger partial charge in [-0.15, -0.1) is 0 Å². The predicted molar refractivity (Wildman–Crippen MR) is 88.5 cm³/mol. The summed E-state index contributed by atoms with van der Waals surface area (Å²) in [5.41, 5.74) is 5.72. The molecule has 5 nitrogen and oxygen atoms in total. The zero-order chi connectivity index (χ0) is 16.4. The predicted octanol–water partition coefficient (Wildman–Crippen LogP) is 1.02. The van der Waals surface area contributed by atoms with E-state index in [4.69, 9.17) is 0 Å². The lowest BCUT2D eigenvalue weighted by Crippen LogP contribution is -2.64. The molecular weight excluding hydrogens is 295 g/mol. The zero-order valence-electron chi connectivity index (χ0n) is 14.4. The van der Waals surface area contributed by atoms with Crippen LogP contribution in [0.25, 0.3) is 0 Å². The number of carbonyl (C=O) groups is 1. The lowest BCUT2D eigenvalue weighted by molar-refractivity contribution is -0.132. The fourth-order valence-electron chi connectivity index (χ4n) is 4.49. The molecule has 5 atom stereocenters. The van der Waals surface area contributed by atoms with Crippen molar-refractivity contribution in [1.29, 1.82) is 0 Å². The number of hydrazine groups is 1. The van der Waals surface area contributed by atoms with E-state index < -0.39 is 6.17 Å². The van der Waals surface area contributed by atoms with Crippen molar-refractivity contribution >= 4 is 5.91 Å². The van der Waals surface area contributed by atoms with E-state index >= 15 is 0 Å². The van der Waals surface area contributed by atoms with Crippen LogP contribution in [0.4, 0.5) is 4.39 Å². The Morgan fingerprint density at radius 2 is 1.87 bits per heavy atom. The minimum absolute atomic E-state index is 0.000648. The third-order valence-corrected chi connectivity index (χ3v) is 6.02. The number of nitrogens with zero attached hydrogens (tertiary/aromatic N) is 2. The number of amides is 1. The van der Waals surface area contributed by atoms with Gasteiger partial charge in [-0.3, -0.25) is 15.1 Å². The summed E-state index contributed by atoms with van der Waals surface area (Å²) in [4.78, 5) is 17.0. The minimum Gasteiger partial charge on any atom is -0.301 e. The van der Waals surface area contributed by atoms with Crippen LogP contribution in [-0.2, 0) is 4.79 Å². The van der Waals surface area contributed by atoms with Gasteiger partial charge in [-0.05, 0) is 37.0 Å². The van der Waals surface area contributed by atoms with Gasteiger partial charge in [0.25, 0.3) is 5.91 Å². The van der Waals surface area contributed by atoms with E-state index in [1.807, 2.05) is 0 Å². The molecule has 0 radical (unpaired) electrons. The van der Waals surface area contributed by atoms with E-state index in [-0.39, 0.29) is 11.9 Å². The van der Waals surface area contributed by atoms with E-state index in [2.05, 4.69) is 34.5 Å². The van der Waals surface area contributed by atoms with E-state index in [1.54, 1.807) is 0 Å². The number of alkyl halides is 1. The van der Waals surface area contributed by atoms with Crippen LogP contribution >= 0.6 is 0 Å². The van der Waals surface area contributed by atoms with E-state index in [0.29, 0.717) is 17.8 Å².